The zero-order chi connectivity index (χ0) is 18.2. The highest BCUT2D eigenvalue weighted by Crippen LogP contribution is 2.25. The lowest BCUT2D eigenvalue weighted by atomic mass is 10.2. The van der Waals surface area contributed by atoms with Gasteiger partial charge in [0.05, 0.1) is 6.21 Å². The summed E-state index contributed by atoms with van der Waals surface area (Å²) in [5, 5.41) is 9.17. The first kappa shape index (κ1) is 19.8. The Hall–Kier alpha value is -1.53. The molecule has 2 N–H and O–H groups in total. The van der Waals surface area contributed by atoms with Crippen molar-refractivity contribution >= 4 is 58.3 Å². The minimum Gasteiger partial charge on any atom is -0.488 e. The van der Waals surface area contributed by atoms with Gasteiger partial charge >= 0.3 is 0 Å². The van der Waals surface area contributed by atoms with Gasteiger partial charge in [-0.2, -0.15) is 5.10 Å². The Kier molecular flexibility index (Phi) is 7.78. The first-order valence-corrected chi connectivity index (χ1v) is 8.97. The number of hydrogen-bond acceptors (Lipinski definition) is 3. The molecule has 2 rings (SSSR count). The SMILES string of the molecule is CCNC(=S)N/N=C\c1cc(Cl)ccc1OCc1ccc(Cl)cc1Cl. The van der Waals surface area contributed by atoms with E-state index in [2.05, 4.69) is 15.8 Å². The normalized spacial score (nSPS) is 10.7. The number of rotatable bonds is 6. The number of halogens is 3. The van der Waals surface area contributed by atoms with Crippen LogP contribution >= 0.6 is 47.0 Å². The summed E-state index contributed by atoms with van der Waals surface area (Å²) >= 11 is 23.2. The highest BCUT2D eigenvalue weighted by molar-refractivity contribution is 7.80. The van der Waals surface area contributed by atoms with Crippen molar-refractivity contribution < 1.29 is 4.74 Å². The van der Waals surface area contributed by atoms with Crippen LogP contribution in [-0.4, -0.2) is 17.9 Å². The summed E-state index contributed by atoms with van der Waals surface area (Å²) in [5.41, 5.74) is 4.26. The number of nitrogens with zero attached hydrogens (tertiary/aromatic N) is 1. The summed E-state index contributed by atoms with van der Waals surface area (Å²) < 4.78 is 5.85. The molecule has 8 heteroatoms. The minimum absolute atomic E-state index is 0.293. The van der Waals surface area contributed by atoms with E-state index < -0.39 is 0 Å². The van der Waals surface area contributed by atoms with Crippen molar-refractivity contribution in [1.82, 2.24) is 10.7 Å². The Labute approximate surface area is 167 Å². The van der Waals surface area contributed by atoms with Crippen molar-refractivity contribution in [3.8, 4) is 5.75 Å². The molecule has 0 atom stereocenters. The molecule has 0 saturated heterocycles. The average molecular weight is 417 g/mol. The van der Waals surface area contributed by atoms with Gasteiger partial charge in [0, 0.05) is 32.7 Å². The van der Waals surface area contributed by atoms with E-state index >= 15 is 0 Å². The van der Waals surface area contributed by atoms with Gasteiger partial charge in [-0.1, -0.05) is 40.9 Å². The number of nitrogens with one attached hydrogen (secondary N) is 2. The van der Waals surface area contributed by atoms with E-state index in [0.717, 1.165) is 5.56 Å². The van der Waals surface area contributed by atoms with Crippen molar-refractivity contribution in [2.75, 3.05) is 6.54 Å². The topological polar surface area (TPSA) is 45.7 Å². The number of thiocarbonyl (C=S) groups is 1. The van der Waals surface area contributed by atoms with Gasteiger partial charge in [0.15, 0.2) is 5.11 Å². The molecule has 0 bridgehead atoms. The summed E-state index contributed by atoms with van der Waals surface area (Å²) in [5.74, 6) is 0.621. The summed E-state index contributed by atoms with van der Waals surface area (Å²) in [6.07, 6.45) is 1.59. The van der Waals surface area contributed by atoms with Gasteiger partial charge in [0.2, 0.25) is 0 Å². The highest BCUT2D eigenvalue weighted by Gasteiger charge is 2.06. The minimum atomic E-state index is 0.293. The Morgan fingerprint density at radius 1 is 1.16 bits per heavy atom. The molecule has 0 aliphatic rings. The molecule has 0 unspecified atom stereocenters. The molecule has 0 saturated carbocycles. The Morgan fingerprint density at radius 3 is 2.60 bits per heavy atom. The fourth-order valence-corrected chi connectivity index (χ4v) is 2.75. The number of ether oxygens (including phenoxy) is 1. The van der Waals surface area contributed by atoms with Crippen molar-refractivity contribution in [3.63, 3.8) is 0 Å². The standard InChI is InChI=1S/C17H16Cl3N3OS/c1-2-21-17(25)23-22-9-12-7-13(18)5-6-16(12)24-10-11-3-4-14(19)8-15(11)20/h3-9H,2,10H2,1H3,(H2,21,23,25)/b22-9-. The second-order valence-corrected chi connectivity index (χ2v) is 6.62. The van der Waals surface area contributed by atoms with Gasteiger partial charge in [-0.3, -0.25) is 5.43 Å². The van der Waals surface area contributed by atoms with Crippen LogP contribution in [0.25, 0.3) is 0 Å². The van der Waals surface area contributed by atoms with Crippen LogP contribution in [0.4, 0.5) is 0 Å². The maximum atomic E-state index is 6.17. The lowest BCUT2D eigenvalue weighted by Crippen LogP contribution is -2.31. The van der Waals surface area contributed by atoms with Crippen LogP contribution < -0.4 is 15.5 Å². The summed E-state index contributed by atoms with van der Waals surface area (Å²) in [7, 11) is 0. The second-order valence-electron chi connectivity index (χ2n) is 4.94. The zero-order valence-corrected chi connectivity index (χ0v) is 16.4. The average Bonchev–Trinajstić information content (AvgIpc) is 2.56. The van der Waals surface area contributed by atoms with Gasteiger partial charge in [0.1, 0.15) is 12.4 Å². The lowest BCUT2D eigenvalue weighted by Gasteiger charge is -2.11. The summed E-state index contributed by atoms with van der Waals surface area (Å²) in [6, 6.07) is 10.5. The Bertz CT molecular complexity index is 784. The Balaban J connectivity index is 2.09. The molecule has 0 radical (unpaired) electrons. The molecule has 0 aliphatic carbocycles. The van der Waals surface area contributed by atoms with Crippen molar-refractivity contribution in [2.24, 2.45) is 5.10 Å². The second kappa shape index (κ2) is 9.82. The van der Waals surface area contributed by atoms with Gasteiger partial charge in [-0.05, 0) is 49.5 Å². The number of hydrogen-bond donors (Lipinski definition) is 2. The van der Waals surface area contributed by atoms with E-state index in [-0.39, 0.29) is 0 Å². The predicted molar refractivity (Wildman–Crippen MR) is 109 cm³/mol. The van der Waals surface area contributed by atoms with Gasteiger partial charge in [-0.15, -0.1) is 0 Å². The van der Waals surface area contributed by atoms with E-state index in [1.807, 2.05) is 13.0 Å². The number of benzene rings is 2. The molecule has 0 heterocycles. The molecular weight excluding hydrogens is 401 g/mol. The number of hydrazone groups is 1. The van der Waals surface area contributed by atoms with Crippen LogP contribution in [0.15, 0.2) is 41.5 Å². The van der Waals surface area contributed by atoms with Crippen LogP contribution in [0.5, 0.6) is 5.75 Å². The molecule has 0 aliphatic heterocycles. The fourth-order valence-electron chi connectivity index (χ4n) is 1.91. The summed E-state index contributed by atoms with van der Waals surface area (Å²) in [4.78, 5) is 0. The first-order valence-electron chi connectivity index (χ1n) is 7.42. The molecule has 0 amide bonds. The molecule has 25 heavy (non-hydrogen) atoms. The van der Waals surface area contributed by atoms with E-state index in [4.69, 9.17) is 51.8 Å². The quantitative estimate of drug-likeness (QED) is 0.393. The Morgan fingerprint density at radius 2 is 1.88 bits per heavy atom. The smallest absolute Gasteiger partial charge is 0.186 e. The molecular formula is C17H16Cl3N3OS. The van der Waals surface area contributed by atoms with Crippen molar-refractivity contribution in [3.05, 3.63) is 62.6 Å². The van der Waals surface area contributed by atoms with E-state index in [1.165, 1.54) is 0 Å². The highest BCUT2D eigenvalue weighted by atomic mass is 35.5. The maximum Gasteiger partial charge on any atom is 0.186 e. The molecule has 132 valence electrons. The predicted octanol–water partition coefficient (Wildman–Crippen LogP) is 5.04. The molecule has 4 nitrogen and oxygen atoms in total. The lowest BCUT2D eigenvalue weighted by molar-refractivity contribution is 0.306. The van der Waals surface area contributed by atoms with E-state index in [0.29, 0.717) is 44.6 Å². The van der Waals surface area contributed by atoms with Crippen molar-refractivity contribution in [2.45, 2.75) is 13.5 Å². The first-order chi connectivity index (χ1) is 12.0. The third-order valence-corrected chi connectivity index (χ3v) is 4.13. The fraction of sp³-hybridized carbons (Fsp3) is 0.176. The molecule has 2 aromatic rings. The molecule has 0 fully saturated rings. The van der Waals surface area contributed by atoms with Gasteiger partial charge in [-0.25, -0.2) is 0 Å². The largest absolute Gasteiger partial charge is 0.488 e. The monoisotopic (exact) mass is 415 g/mol. The van der Waals surface area contributed by atoms with Crippen LogP contribution in [-0.2, 0) is 6.61 Å². The van der Waals surface area contributed by atoms with E-state index in [1.54, 1.807) is 36.5 Å². The van der Waals surface area contributed by atoms with Gasteiger partial charge < -0.3 is 10.1 Å². The molecule has 2 aromatic carbocycles. The van der Waals surface area contributed by atoms with E-state index in [9.17, 15) is 0 Å². The third kappa shape index (κ3) is 6.36. The van der Waals surface area contributed by atoms with Crippen LogP contribution in [0, 0.1) is 0 Å². The molecule has 0 spiro atoms. The van der Waals surface area contributed by atoms with Crippen LogP contribution in [0.3, 0.4) is 0 Å². The van der Waals surface area contributed by atoms with Gasteiger partial charge in [0.25, 0.3) is 0 Å². The van der Waals surface area contributed by atoms with Crippen molar-refractivity contribution in [1.29, 1.82) is 0 Å². The third-order valence-electron chi connectivity index (χ3n) is 3.08. The summed E-state index contributed by atoms with van der Waals surface area (Å²) in [6.45, 7) is 2.96. The van der Waals surface area contributed by atoms with Crippen LogP contribution in [0.2, 0.25) is 15.1 Å². The molecule has 0 aromatic heterocycles. The van der Waals surface area contributed by atoms with Crippen LogP contribution in [0.1, 0.15) is 18.1 Å². The maximum absolute atomic E-state index is 6.17. The zero-order valence-electron chi connectivity index (χ0n) is 13.4.